The van der Waals surface area contributed by atoms with Crippen LogP contribution in [-0.2, 0) is 20.9 Å². The first-order valence-corrected chi connectivity index (χ1v) is 15.2. The summed E-state index contributed by atoms with van der Waals surface area (Å²) in [6, 6.07) is 8.39. The maximum absolute atomic E-state index is 14.0. The van der Waals surface area contributed by atoms with Gasteiger partial charge in [0, 0.05) is 19.6 Å². The number of carbonyl (C=O) groups excluding carboxylic acids is 4. The van der Waals surface area contributed by atoms with Crippen molar-refractivity contribution < 1.29 is 23.9 Å². The van der Waals surface area contributed by atoms with Crippen LogP contribution in [0, 0.1) is 18.3 Å². The Bertz CT molecular complexity index is 1140. The minimum atomic E-state index is -0.779. The summed E-state index contributed by atoms with van der Waals surface area (Å²) in [5.74, 6) is 2.48. The molecule has 0 saturated carbocycles. The van der Waals surface area contributed by atoms with Crippen molar-refractivity contribution in [2.75, 3.05) is 39.3 Å². The van der Waals surface area contributed by atoms with Crippen LogP contribution < -0.4 is 10.6 Å². The Morgan fingerprint density at radius 3 is 2.63 bits per heavy atom. The van der Waals surface area contributed by atoms with Crippen LogP contribution in [0.3, 0.4) is 0 Å². The summed E-state index contributed by atoms with van der Waals surface area (Å²) in [6.45, 7) is 9.14. The number of hydrogen-bond acceptors (Lipinski definition) is 6. The van der Waals surface area contributed by atoms with E-state index in [0.717, 1.165) is 31.2 Å². The quantitative estimate of drug-likeness (QED) is 0.183. The maximum atomic E-state index is 14.0. The van der Waals surface area contributed by atoms with E-state index in [4.69, 9.17) is 11.2 Å². The van der Waals surface area contributed by atoms with E-state index in [0.29, 0.717) is 31.8 Å². The fourth-order valence-corrected chi connectivity index (χ4v) is 5.63. The highest BCUT2D eigenvalue weighted by atomic mass is 16.5. The van der Waals surface area contributed by atoms with Crippen LogP contribution in [0.15, 0.2) is 43.0 Å². The average molecular weight is 595 g/mol. The predicted molar refractivity (Wildman–Crippen MR) is 164 cm³/mol. The molecule has 2 aliphatic heterocycles. The molecular weight excluding hydrogens is 548 g/mol. The van der Waals surface area contributed by atoms with Gasteiger partial charge in [0.05, 0.1) is 19.6 Å². The first-order chi connectivity index (χ1) is 20.8. The van der Waals surface area contributed by atoms with Gasteiger partial charge in [-0.15, -0.1) is 6.42 Å². The van der Waals surface area contributed by atoms with E-state index in [1.54, 1.807) is 9.91 Å². The van der Waals surface area contributed by atoms with Crippen molar-refractivity contribution in [3.63, 3.8) is 0 Å². The average Bonchev–Trinajstić information content (AvgIpc) is 3.01. The van der Waals surface area contributed by atoms with Gasteiger partial charge in [-0.1, -0.05) is 82.0 Å². The highest BCUT2D eigenvalue weighted by Crippen LogP contribution is 2.29. The normalized spacial score (nSPS) is 19.3. The topological polar surface area (TPSA) is 115 Å². The minimum Gasteiger partial charge on any atom is -0.445 e. The fraction of sp³-hybridized carbons (Fsp3) is 0.562. The van der Waals surface area contributed by atoms with Gasteiger partial charge < -0.3 is 25.2 Å². The number of urea groups is 1. The fourth-order valence-electron chi connectivity index (χ4n) is 5.63. The summed E-state index contributed by atoms with van der Waals surface area (Å²) < 4.78 is 4.96. The molecule has 0 aliphatic carbocycles. The second kappa shape index (κ2) is 17.2. The van der Waals surface area contributed by atoms with Crippen LogP contribution >= 0.6 is 0 Å². The van der Waals surface area contributed by atoms with Crippen molar-refractivity contribution in [1.29, 1.82) is 0 Å². The lowest BCUT2D eigenvalue weighted by Crippen LogP contribution is -2.76. The third-order valence-electron chi connectivity index (χ3n) is 7.88. The molecule has 2 heterocycles. The standard InChI is InChI=1S/C32H46N6O5/c1-5-9-14-25(8-4)22-35-23-28-37(27(30(35)40)17-13-18-33-32(42)43-20-7-3)29(39)24-36(19-6-2)38(28)31(41)34-21-26-15-11-10-12-16-26/h2,7,10-12,15-16,25,27-28H,3,5,8-9,13-14,17-24H2,1,4H3,(H,33,42)(H,34,41)/t25?,27-,28-/m0/s1. The summed E-state index contributed by atoms with van der Waals surface area (Å²) >= 11 is 0. The SMILES string of the molecule is C#CCN1CC(=O)N2[C@@H](CCCNC(=O)OCC=C)C(=O)N(CC(CC)CCCC)C[C@@H]2N1C(=O)NCc1ccccc1. The predicted octanol–water partition coefficient (Wildman–Crippen LogP) is 3.34. The molecule has 2 fully saturated rings. The number of rotatable bonds is 15. The van der Waals surface area contributed by atoms with Crippen LogP contribution in [-0.4, -0.2) is 95.3 Å². The number of terminal acetylenes is 1. The van der Waals surface area contributed by atoms with E-state index in [9.17, 15) is 19.2 Å². The third kappa shape index (κ3) is 9.22. The molecule has 1 aromatic rings. The number of nitrogens with one attached hydrogen (secondary N) is 2. The van der Waals surface area contributed by atoms with Crippen molar-refractivity contribution in [2.24, 2.45) is 5.92 Å². The number of fused-ring (bicyclic) bond motifs is 1. The molecular formula is C32H46N6O5. The highest BCUT2D eigenvalue weighted by Gasteiger charge is 2.51. The number of hydrazine groups is 1. The molecule has 0 spiro atoms. The first kappa shape index (κ1) is 33.5. The monoisotopic (exact) mass is 594 g/mol. The number of nitrogens with zero attached hydrogens (tertiary/aromatic N) is 4. The number of hydrogen-bond donors (Lipinski definition) is 2. The summed E-state index contributed by atoms with van der Waals surface area (Å²) in [7, 11) is 0. The van der Waals surface area contributed by atoms with Gasteiger partial charge >= 0.3 is 12.1 Å². The molecule has 1 unspecified atom stereocenters. The largest absolute Gasteiger partial charge is 0.445 e. The lowest BCUT2D eigenvalue weighted by molar-refractivity contribution is -0.189. The summed E-state index contributed by atoms with van der Waals surface area (Å²) in [5, 5.41) is 8.75. The molecule has 43 heavy (non-hydrogen) atoms. The van der Waals surface area contributed by atoms with Crippen LogP contribution in [0.4, 0.5) is 9.59 Å². The zero-order valence-electron chi connectivity index (χ0n) is 25.5. The van der Waals surface area contributed by atoms with Crippen LogP contribution in [0.1, 0.15) is 57.9 Å². The molecule has 3 atom stereocenters. The van der Waals surface area contributed by atoms with Crippen molar-refractivity contribution in [1.82, 2.24) is 30.5 Å². The number of unbranched alkanes of at least 4 members (excludes halogenated alkanes) is 1. The van der Waals surface area contributed by atoms with E-state index in [-0.39, 0.29) is 50.6 Å². The van der Waals surface area contributed by atoms with E-state index >= 15 is 0 Å². The number of ether oxygens (including phenoxy) is 1. The Hall–Kier alpha value is -4.04. The maximum Gasteiger partial charge on any atom is 0.407 e. The van der Waals surface area contributed by atoms with Crippen LogP contribution in [0.2, 0.25) is 0 Å². The van der Waals surface area contributed by atoms with E-state index in [1.807, 2.05) is 35.2 Å². The Morgan fingerprint density at radius 1 is 1.19 bits per heavy atom. The molecule has 11 nitrogen and oxygen atoms in total. The second-order valence-electron chi connectivity index (χ2n) is 10.9. The third-order valence-corrected chi connectivity index (χ3v) is 7.88. The number of benzene rings is 1. The van der Waals surface area contributed by atoms with Gasteiger partial charge in [-0.2, -0.15) is 5.01 Å². The number of carbonyl (C=O) groups is 4. The Labute approximate surface area is 255 Å². The molecule has 0 radical (unpaired) electrons. The van der Waals surface area contributed by atoms with Crippen molar-refractivity contribution in [2.45, 2.75) is 71.1 Å². The molecule has 2 aliphatic rings. The molecule has 2 N–H and O–H groups in total. The van der Waals surface area contributed by atoms with Gasteiger partial charge in [0.2, 0.25) is 11.8 Å². The van der Waals surface area contributed by atoms with Crippen LogP contribution in [0.5, 0.6) is 0 Å². The minimum absolute atomic E-state index is 0.0677. The summed E-state index contributed by atoms with van der Waals surface area (Å²) in [5.41, 5.74) is 0.934. The number of alkyl carbamates (subject to hydrolysis) is 1. The first-order valence-electron chi connectivity index (χ1n) is 15.2. The van der Waals surface area contributed by atoms with E-state index in [1.165, 1.54) is 11.1 Å². The van der Waals surface area contributed by atoms with Crippen molar-refractivity contribution in [3.8, 4) is 12.3 Å². The zero-order valence-corrected chi connectivity index (χ0v) is 25.5. The van der Waals surface area contributed by atoms with Gasteiger partial charge in [-0.25, -0.2) is 14.6 Å². The van der Waals surface area contributed by atoms with Crippen molar-refractivity contribution >= 4 is 23.9 Å². The molecule has 1 aromatic carbocycles. The van der Waals surface area contributed by atoms with Gasteiger partial charge in [0.1, 0.15) is 18.8 Å². The van der Waals surface area contributed by atoms with E-state index in [2.05, 4.69) is 37.0 Å². The van der Waals surface area contributed by atoms with Gasteiger partial charge in [0.25, 0.3) is 0 Å². The summed E-state index contributed by atoms with van der Waals surface area (Å²) in [4.78, 5) is 56.5. The smallest absolute Gasteiger partial charge is 0.407 e. The summed E-state index contributed by atoms with van der Waals surface area (Å²) in [6.07, 6.45) is 10.6. The van der Waals surface area contributed by atoms with Gasteiger partial charge in [-0.3, -0.25) is 9.59 Å². The van der Waals surface area contributed by atoms with Crippen LogP contribution in [0.25, 0.3) is 0 Å². The lowest BCUT2D eigenvalue weighted by atomic mass is 9.96. The van der Waals surface area contributed by atoms with Crippen molar-refractivity contribution in [3.05, 3.63) is 48.6 Å². The zero-order chi connectivity index (χ0) is 31.2. The van der Waals surface area contributed by atoms with E-state index < -0.39 is 18.3 Å². The molecule has 3 rings (SSSR count). The second-order valence-corrected chi connectivity index (χ2v) is 10.9. The Morgan fingerprint density at radius 2 is 1.95 bits per heavy atom. The Balaban J connectivity index is 1.86. The molecule has 11 heteroatoms. The molecule has 0 aromatic heterocycles. The molecule has 2 saturated heterocycles. The molecule has 5 amide bonds. The molecule has 234 valence electrons. The van der Waals surface area contributed by atoms with Gasteiger partial charge in [-0.05, 0) is 30.7 Å². The highest BCUT2D eigenvalue weighted by molar-refractivity contribution is 5.91. The molecule has 0 bridgehead atoms. The lowest BCUT2D eigenvalue weighted by Gasteiger charge is -2.55. The number of piperazine rings is 1. The van der Waals surface area contributed by atoms with Gasteiger partial charge in [0.15, 0.2) is 0 Å². The number of amides is 5. The Kier molecular flexibility index (Phi) is 13.4.